The zero-order chi connectivity index (χ0) is 30.6. The third kappa shape index (κ3) is 7.42. The molecule has 0 amide bonds. The first kappa shape index (κ1) is 32.2. The summed E-state index contributed by atoms with van der Waals surface area (Å²) in [7, 11) is 0. The molecule has 0 aliphatic rings. The van der Waals surface area contributed by atoms with Crippen LogP contribution in [0.1, 0.15) is 45.5 Å². The number of anilines is 2. The molecule has 0 fully saturated rings. The Morgan fingerprint density at radius 3 is 2.17 bits per heavy atom. The molecule has 0 spiro atoms. The van der Waals surface area contributed by atoms with Gasteiger partial charge in [0, 0.05) is 43.8 Å². The Kier molecular flexibility index (Phi) is 10.8. The molecule has 0 radical (unpaired) electrons. The minimum atomic E-state index is -0.0795. The second kappa shape index (κ2) is 14.2. The van der Waals surface area contributed by atoms with E-state index < -0.39 is 0 Å². The number of fused-ring (bicyclic) bond motifs is 2. The van der Waals surface area contributed by atoms with Gasteiger partial charge in [-0.1, -0.05) is 6.07 Å². The van der Waals surface area contributed by atoms with Crippen molar-refractivity contribution in [1.82, 2.24) is 29.8 Å². The van der Waals surface area contributed by atoms with E-state index in [2.05, 4.69) is 66.6 Å². The number of nitrogens with one attached hydrogen (secondary N) is 2. The summed E-state index contributed by atoms with van der Waals surface area (Å²) in [5.74, 6) is 3.43. The molecule has 222 valence electrons. The highest BCUT2D eigenvalue weighted by atomic mass is 79.9. The lowest BCUT2D eigenvalue weighted by atomic mass is 10.2. The summed E-state index contributed by atoms with van der Waals surface area (Å²) in [5, 5.41) is 22.1. The van der Waals surface area contributed by atoms with Crippen molar-refractivity contribution in [2.75, 3.05) is 23.1 Å². The van der Waals surface area contributed by atoms with E-state index in [1.165, 1.54) is 9.36 Å². The predicted octanol–water partition coefficient (Wildman–Crippen LogP) is 7.24. The Labute approximate surface area is 266 Å². The van der Waals surface area contributed by atoms with Crippen LogP contribution in [-0.4, -0.2) is 47.5 Å². The van der Waals surface area contributed by atoms with Gasteiger partial charge in [0.25, 0.3) is 11.1 Å². The normalized spacial score (nSPS) is 11.4. The number of aromatic amines is 1. The molecular weight excluding hydrogens is 654 g/mol. The van der Waals surface area contributed by atoms with E-state index in [4.69, 9.17) is 0 Å². The van der Waals surface area contributed by atoms with Crippen LogP contribution in [0.2, 0.25) is 0 Å². The first-order valence-corrected chi connectivity index (χ1v) is 17.0. The molecule has 5 rings (SSSR count). The minimum absolute atomic E-state index is 0.0267. The average molecular weight is 689 g/mol. The molecule has 2 aromatic carbocycles. The maximum absolute atomic E-state index is 12.9. The molecule has 9 nitrogen and oxygen atoms in total. The van der Waals surface area contributed by atoms with Gasteiger partial charge in [-0.15, -0.1) is 24.4 Å². The number of thiol groups is 1. The zero-order valence-corrected chi connectivity index (χ0v) is 28.4. The van der Waals surface area contributed by atoms with E-state index in [0.717, 1.165) is 37.8 Å². The topological polar surface area (TPSA) is 110 Å². The maximum atomic E-state index is 12.9. The van der Waals surface area contributed by atoms with Crippen molar-refractivity contribution in [1.29, 1.82) is 0 Å². The van der Waals surface area contributed by atoms with Crippen LogP contribution in [0.5, 0.6) is 0 Å². The van der Waals surface area contributed by atoms with Gasteiger partial charge in [-0.3, -0.25) is 14.7 Å². The molecule has 3 aromatic heterocycles. The Balaban J connectivity index is 0.000000216. The fourth-order valence-corrected chi connectivity index (χ4v) is 6.49. The molecule has 0 bridgehead atoms. The number of hydrogen-bond donors (Lipinski definition) is 3. The number of H-pyrrole nitrogens is 1. The standard InChI is InChI=1S/C18H23N5OS2.C11H11BrN2OS/c1-11(2)23-18(24)15-10-13(26-8-7-25-4)5-6-14(15)17(22-23)19-16-9-12(3)20-21-16;1-6(2)14-11(15)9-5-7(16)3-4-8(9)10(12)13-14/h5-6,9-11H,7-8H2,1-4H3,(H2,19,20,21,22);3-6,16H,1-2H3. The summed E-state index contributed by atoms with van der Waals surface area (Å²) in [6, 6.07) is 13.4. The molecule has 5 aromatic rings. The van der Waals surface area contributed by atoms with Gasteiger partial charge in [0.15, 0.2) is 11.6 Å². The van der Waals surface area contributed by atoms with Gasteiger partial charge in [0.1, 0.15) is 4.60 Å². The van der Waals surface area contributed by atoms with Crippen LogP contribution in [0, 0.1) is 6.92 Å². The highest BCUT2D eigenvalue weighted by molar-refractivity contribution is 9.10. The first-order chi connectivity index (χ1) is 20.0. The molecule has 0 unspecified atom stereocenters. The van der Waals surface area contributed by atoms with E-state index >= 15 is 0 Å². The molecule has 0 atom stereocenters. The van der Waals surface area contributed by atoms with Gasteiger partial charge in [-0.25, -0.2) is 9.36 Å². The van der Waals surface area contributed by atoms with Crippen molar-refractivity contribution in [3.05, 3.63) is 73.5 Å². The number of aromatic nitrogens is 6. The van der Waals surface area contributed by atoms with Crippen LogP contribution < -0.4 is 16.4 Å². The molecule has 0 aliphatic carbocycles. The highest BCUT2D eigenvalue weighted by Gasteiger charge is 2.15. The summed E-state index contributed by atoms with van der Waals surface area (Å²) >= 11 is 11.2. The third-order valence-electron chi connectivity index (χ3n) is 6.24. The van der Waals surface area contributed by atoms with Crippen LogP contribution in [0.4, 0.5) is 11.6 Å². The van der Waals surface area contributed by atoms with Gasteiger partial charge >= 0.3 is 0 Å². The summed E-state index contributed by atoms with van der Waals surface area (Å²) < 4.78 is 3.68. The Bertz CT molecular complexity index is 1830. The molecule has 3 heterocycles. The third-order valence-corrected chi connectivity index (χ3v) is 8.97. The molecule has 0 aliphatic heterocycles. The van der Waals surface area contributed by atoms with Crippen LogP contribution in [-0.2, 0) is 0 Å². The fourth-order valence-electron chi connectivity index (χ4n) is 4.17. The predicted molar refractivity (Wildman–Crippen MR) is 183 cm³/mol. The molecule has 0 saturated carbocycles. The summed E-state index contributed by atoms with van der Waals surface area (Å²) in [5.41, 5.74) is 0.816. The van der Waals surface area contributed by atoms with Crippen LogP contribution in [0.15, 0.2) is 66.4 Å². The van der Waals surface area contributed by atoms with E-state index in [-0.39, 0.29) is 23.2 Å². The van der Waals surface area contributed by atoms with Crippen molar-refractivity contribution in [3.8, 4) is 0 Å². The number of thioether (sulfide) groups is 2. The number of nitrogens with zero attached hydrogens (tertiary/aromatic N) is 5. The van der Waals surface area contributed by atoms with Gasteiger partial charge in [0.05, 0.1) is 22.9 Å². The average Bonchev–Trinajstić information content (AvgIpc) is 3.36. The van der Waals surface area contributed by atoms with E-state index in [9.17, 15) is 9.59 Å². The summed E-state index contributed by atoms with van der Waals surface area (Å²) in [4.78, 5) is 26.9. The van der Waals surface area contributed by atoms with Gasteiger partial charge in [-0.05, 0) is 87.1 Å². The number of halogens is 1. The van der Waals surface area contributed by atoms with Crippen molar-refractivity contribution >= 4 is 85.3 Å². The molecule has 2 N–H and O–H groups in total. The van der Waals surface area contributed by atoms with Crippen LogP contribution in [0.25, 0.3) is 21.5 Å². The Morgan fingerprint density at radius 2 is 1.55 bits per heavy atom. The lowest BCUT2D eigenvalue weighted by Crippen LogP contribution is -2.25. The Hall–Kier alpha value is -2.74. The number of benzene rings is 2. The Morgan fingerprint density at radius 1 is 0.905 bits per heavy atom. The van der Waals surface area contributed by atoms with Crippen molar-refractivity contribution in [2.45, 2.75) is 56.5 Å². The quantitative estimate of drug-likeness (QED) is 0.0890. The number of rotatable bonds is 8. The maximum Gasteiger partial charge on any atom is 0.275 e. The first-order valence-electron chi connectivity index (χ1n) is 13.4. The summed E-state index contributed by atoms with van der Waals surface area (Å²) in [6.07, 6.45) is 2.10. The molecule has 42 heavy (non-hydrogen) atoms. The van der Waals surface area contributed by atoms with Crippen molar-refractivity contribution in [3.63, 3.8) is 0 Å². The smallest absolute Gasteiger partial charge is 0.275 e. The van der Waals surface area contributed by atoms with Gasteiger partial charge in [-0.2, -0.15) is 27.1 Å². The number of aryl methyl sites for hydroxylation is 1. The van der Waals surface area contributed by atoms with Gasteiger partial charge < -0.3 is 5.32 Å². The molecule has 13 heteroatoms. The lowest BCUT2D eigenvalue weighted by Gasteiger charge is -2.14. The summed E-state index contributed by atoms with van der Waals surface area (Å²) in [6.45, 7) is 9.71. The van der Waals surface area contributed by atoms with Gasteiger partial charge in [0.2, 0.25) is 0 Å². The van der Waals surface area contributed by atoms with E-state index in [0.29, 0.717) is 27.0 Å². The fraction of sp³-hybridized carbons (Fsp3) is 0.345. The van der Waals surface area contributed by atoms with Crippen LogP contribution in [0.3, 0.4) is 0 Å². The molecular formula is C29H34BrN7O2S3. The highest BCUT2D eigenvalue weighted by Crippen LogP contribution is 2.28. The van der Waals surface area contributed by atoms with Crippen molar-refractivity contribution < 1.29 is 0 Å². The SMILES string of the molecule is CC(C)n1nc(Br)c2ccc(S)cc2c1=O.CSCCSc1ccc2c(Nc3cc(C)[nH]n3)nn(C(C)C)c(=O)c2c1. The largest absolute Gasteiger partial charge is 0.321 e. The van der Waals surface area contributed by atoms with E-state index in [1.807, 2.05) is 76.7 Å². The monoisotopic (exact) mass is 687 g/mol. The van der Waals surface area contributed by atoms with Crippen LogP contribution >= 0.6 is 52.1 Å². The van der Waals surface area contributed by atoms with Crippen molar-refractivity contribution in [2.24, 2.45) is 0 Å². The lowest BCUT2D eigenvalue weighted by molar-refractivity contribution is 0.503. The molecule has 0 saturated heterocycles. The minimum Gasteiger partial charge on any atom is -0.321 e. The van der Waals surface area contributed by atoms with E-state index in [1.54, 1.807) is 17.8 Å². The zero-order valence-electron chi connectivity index (χ0n) is 24.3. The number of hydrogen-bond acceptors (Lipinski definition) is 9. The second-order valence-corrected chi connectivity index (χ2v) is 13.6. The second-order valence-electron chi connectivity index (χ2n) is 10.2.